The molecular formula is C25H28N4O3S. The summed E-state index contributed by atoms with van der Waals surface area (Å²) in [6.45, 7) is 7.43. The minimum atomic E-state index is -0.408. The van der Waals surface area contributed by atoms with Crippen molar-refractivity contribution < 1.29 is 14.4 Å². The lowest BCUT2D eigenvalue weighted by molar-refractivity contribution is -0.120. The van der Waals surface area contributed by atoms with E-state index in [0.717, 1.165) is 15.6 Å². The van der Waals surface area contributed by atoms with Gasteiger partial charge in [0.2, 0.25) is 5.91 Å². The van der Waals surface area contributed by atoms with E-state index in [1.165, 1.54) is 11.3 Å². The highest BCUT2D eigenvalue weighted by Gasteiger charge is 2.27. The van der Waals surface area contributed by atoms with Crippen molar-refractivity contribution in [2.45, 2.75) is 32.6 Å². The number of amides is 4. The number of nitrogens with one attached hydrogen (secondary N) is 3. The third kappa shape index (κ3) is 5.34. The van der Waals surface area contributed by atoms with Crippen molar-refractivity contribution in [1.82, 2.24) is 10.2 Å². The molecule has 4 rings (SSSR count). The first kappa shape index (κ1) is 22.8. The van der Waals surface area contributed by atoms with Crippen LogP contribution < -0.4 is 16.0 Å². The van der Waals surface area contributed by atoms with Crippen LogP contribution in [0.1, 0.15) is 42.4 Å². The highest BCUT2D eigenvalue weighted by Crippen LogP contribution is 2.37. The first-order chi connectivity index (χ1) is 15.7. The minimum Gasteiger partial charge on any atom is -0.354 e. The number of carbonyl (C=O) groups excluding carboxylic acids is 3. The molecule has 172 valence electrons. The van der Waals surface area contributed by atoms with Crippen LogP contribution in [0.4, 0.5) is 15.5 Å². The molecule has 0 saturated carbocycles. The lowest BCUT2D eigenvalue weighted by Gasteiger charge is -2.20. The number of rotatable bonds is 3. The van der Waals surface area contributed by atoms with Crippen LogP contribution in [0.25, 0.3) is 10.8 Å². The Hall–Kier alpha value is -3.39. The Morgan fingerprint density at radius 2 is 1.76 bits per heavy atom. The molecule has 7 nitrogen and oxygen atoms in total. The number of benzene rings is 2. The number of thiophene rings is 1. The van der Waals surface area contributed by atoms with Gasteiger partial charge in [-0.05, 0) is 34.4 Å². The Balaban J connectivity index is 1.56. The molecule has 4 amide bonds. The lowest BCUT2D eigenvalue weighted by Crippen LogP contribution is -2.34. The Labute approximate surface area is 197 Å². The Kier molecular flexibility index (Phi) is 6.37. The van der Waals surface area contributed by atoms with E-state index in [1.807, 2.05) is 48.5 Å². The van der Waals surface area contributed by atoms with Crippen LogP contribution in [0, 0.1) is 0 Å². The van der Waals surface area contributed by atoms with E-state index in [4.69, 9.17) is 0 Å². The maximum Gasteiger partial charge on any atom is 0.324 e. The Morgan fingerprint density at radius 3 is 2.52 bits per heavy atom. The van der Waals surface area contributed by atoms with Gasteiger partial charge in [-0.2, -0.15) is 0 Å². The third-order valence-electron chi connectivity index (χ3n) is 5.54. The molecule has 0 bridgehead atoms. The molecule has 8 heteroatoms. The summed E-state index contributed by atoms with van der Waals surface area (Å²) in [5.74, 6) is -0.238. The molecular weight excluding hydrogens is 436 g/mol. The number of hydrogen-bond donors (Lipinski definition) is 3. The molecule has 0 atom stereocenters. The molecule has 33 heavy (non-hydrogen) atoms. The fraction of sp³-hybridized carbons (Fsp3) is 0.320. The molecule has 1 aliphatic heterocycles. The minimum absolute atomic E-state index is 0.0564. The molecule has 1 aliphatic rings. The van der Waals surface area contributed by atoms with Crippen molar-refractivity contribution in [2.24, 2.45) is 0 Å². The van der Waals surface area contributed by atoms with Gasteiger partial charge in [0.25, 0.3) is 5.91 Å². The monoisotopic (exact) mass is 464 g/mol. The number of urea groups is 1. The van der Waals surface area contributed by atoms with E-state index < -0.39 is 6.03 Å². The summed E-state index contributed by atoms with van der Waals surface area (Å²) in [6.07, 6.45) is 0.271. The number of hydrogen-bond acceptors (Lipinski definition) is 4. The molecule has 1 saturated heterocycles. The second-order valence-corrected chi connectivity index (χ2v) is 10.2. The van der Waals surface area contributed by atoms with Crippen molar-refractivity contribution in [3.63, 3.8) is 0 Å². The van der Waals surface area contributed by atoms with Crippen LogP contribution in [-0.4, -0.2) is 42.4 Å². The molecule has 0 aliphatic carbocycles. The molecule has 0 radical (unpaired) electrons. The Bertz CT molecular complexity index is 1210. The topological polar surface area (TPSA) is 90.5 Å². The van der Waals surface area contributed by atoms with Crippen LogP contribution in [0.2, 0.25) is 0 Å². The molecule has 2 heterocycles. The first-order valence-electron chi connectivity index (χ1n) is 11.0. The summed E-state index contributed by atoms with van der Waals surface area (Å²) < 4.78 is 0. The largest absolute Gasteiger partial charge is 0.354 e. The third-order valence-corrected chi connectivity index (χ3v) is 7.01. The molecule has 3 N–H and O–H groups in total. The maximum atomic E-state index is 13.3. The average Bonchev–Trinajstić information content (AvgIpc) is 3.07. The summed E-state index contributed by atoms with van der Waals surface area (Å²) in [7, 11) is 0. The lowest BCUT2D eigenvalue weighted by atomic mass is 9.94. The maximum absolute atomic E-state index is 13.3. The van der Waals surface area contributed by atoms with Gasteiger partial charge in [0.15, 0.2) is 0 Å². The quantitative estimate of drug-likeness (QED) is 0.520. The van der Waals surface area contributed by atoms with Crippen LogP contribution in [0.15, 0.2) is 48.5 Å². The SMILES string of the molecule is CC(C)(C)c1cc(C(=O)N2CCNC(=O)CC2)c(NC(=O)Nc2ccc3ccccc3c2)s1. The van der Waals surface area contributed by atoms with Crippen LogP contribution in [-0.2, 0) is 10.2 Å². The standard InChI is InChI=1S/C25H28N4O3S/c1-25(2,3)20-15-19(23(31)29-12-10-21(30)26-11-13-29)22(33-20)28-24(32)27-18-9-8-16-6-4-5-7-17(16)14-18/h4-9,14-15H,10-13H2,1-3H3,(H,26,30)(H2,27,28,32). The van der Waals surface area contributed by atoms with E-state index in [0.29, 0.717) is 35.9 Å². The summed E-state index contributed by atoms with van der Waals surface area (Å²) in [4.78, 5) is 40.5. The fourth-order valence-corrected chi connectivity index (χ4v) is 4.79. The van der Waals surface area contributed by atoms with Crippen molar-refractivity contribution in [3.05, 3.63) is 59.0 Å². The predicted octanol–water partition coefficient (Wildman–Crippen LogP) is 4.80. The molecule has 1 aromatic heterocycles. The smallest absolute Gasteiger partial charge is 0.324 e. The number of carbonyl (C=O) groups is 3. The van der Waals surface area contributed by atoms with Gasteiger partial charge in [-0.15, -0.1) is 11.3 Å². The van der Waals surface area contributed by atoms with E-state index in [1.54, 1.807) is 4.90 Å². The molecule has 1 fully saturated rings. The molecule has 0 spiro atoms. The highest BCUT2D eigenvalue weighted by atomic mass is 32.1. The second-order valence-electron chi connectivity index (χ2n) is 9.14. The van der Waals surface area contributed by atoms with Gasteiger partial charge in [-0.25, -0.2) is 4.79 Å². The second kappa shape index (κ2) is 9.23. The van der Waals surface area contributed by atoms with E-state index in [-0.39, 0.29) is 23.7 Å². The summed E-state index contributed by atoms with van der Waals surface area (Å²) in [5, 5.41) is 11.2. The van der Waals surface area contributed by atoms with Gasteiger partial charge in [-0.1, -0.05) is 51.1 Å². The van der Waals surface area contributed by atoms with Crippen molar-refractivity contribution >= 4 is 50.6 Å². The highest BCUT2D eigenvalue weighted by molar-refractivity contribution is 7.16. The average molecular weight is 465 g/mol. The number of anilines is 2. The molecule has 3 aromatic rings. The van der Waals surface area contributed by atoms with Crippen LogP contribution in [0.3, 0.4) is 0 Å². The van der Waals surface area contributed by atoms with E-state index >= 15 is 0 Å². The van der Waals surface area contributed by atoms with Crippen molar-refractivity contribution in [2.75, 3.05) is 30.3 Å². The van der Waals surface area contributed by atoms with Crippen LogP contribution >= 0.6 is 11.3 Å². The van der Waals surface area contributed by atoms with Gasteiger partial charge >= 0.3 is 6.03 Å². The summed E-state index contributed by atoms with van der Waals surface area (Å²) in [6, 6.07) is 15.1. The normalized spacial score (nSPS) is 14.5. The fourth-order valence-electron chi connectivity index (χ4n) is 3.69. The van der Waals surface area contributed by atoms with Crippen molar-refractivity contribution in [3.8, 4) is 0 Å². The number of nitrogens with zero attached hydrogens (tertiary/aromatic N) is 1. The Morgan fingerprint density at radius 1 is 1.00 bits per heavy atom. The zero-order chi connectivity index (χ0) is 23.6. The number of fused-ring (bicyclic) bond motifs is 1. The van der Waals surface area contributed by atoms with Crippen LogP contribution in [0.5, 0.6) is 0 Å². The summed E-state index contributed by atoms with van der Waals surface area (Å²) >= 11 is 1.40. The zero-order valence-corrected chi connectivity index (χ0v) is 19.8. The first-order valence-corrected chi connectivity index (χ1v) is 11.8. The molecule has 0 unspecified atom stereocenters. The van der Waals surface area contributed by atoms with E-state index in [9.17, 15) is 14.4 Å². The van der Waals surface area contributed by atoms with E-state index in [2.05, 4.69) is 36.7 Å². The van der Waals surface area contributed by atoms with Gasteiger partial charge in [-0.3, -0.25) is 14.9 Å². The zero-order valence-electron chi connectivity index (χ0n) is 19.0. The van der Waals surface area contributed by atoms with Gasteiger partial charge < -0.3 is 15.5 Å². The van der Waals surface area contributed by atoms with Gasteiger partial charge in [0.05, 0.1) is 5.56 Å². The summed E-state index contributed by atoms with van der Waals surface area (Å²) in [5.41, 5.74) is 0.946. The molecule has 2 aromatic carbocycles. The van der Waals surface area contributed by atoms with Crippen molar-refractivity contribution in [1.29, 1.82) is 0 Å². The predicted molar refractivity (Wildman–Crippen MR) is 133 cm³/mol. The van der Waals surface area contributed by atoms with Gasteiger partial charge in [0.1, 0.15) is 5.00 Å². The van der Waals surface area contributed by atoms with Gasteiger partial charge in [0, 0.05) is 36.6 Å².